The first-order chi connectivity index (χ1) is 15.9. The standard InChI is InChI=1S/C23H23F3N6O/c24-23(25,26)16-6-4-14(5-7-16)20-15(11-28-31-20)12-32-10-8-18-17(13-32)22(33)30-21(29-18)19-3-1-2-9-27-19/h4-7,11H,1-3,8-10,12-13H2,(H,28,31)(H,29,30,33). The van der Waals surface area contributed by atoms with E-state index in [-0.39, 0.29) is 5.56 Å². The number of nitrogens with zero attached hydrogens (tertiary/aromatic N) is 4. The average molecular weight is 456 g/mol. The summed E-state index contributed by atoms with van der Waals surface area (Å²) in [5.41, 5.74) is 3.68. The Morgan fingerprint density at radius 3 is 2.64 bits per heavy atom. The molecular weight excluding hydrogens is 433 g/mol. The molecule has 0 aliphatic carbocycles. The molecule has 0 radical (unpaired) electrons. The Kier molecular flexibility index (Phi) is 5.61. The zero-order valence-electron chi connectivity index (χ0n) is 17.9. The smallest absolute Gasteiger partial charge is 0.305 e. The highest BCUT2D eigenvalue weighted by Gasteiger charge is 2.30. The molecule has 33 heavy (non-hydrogen) atoms. The van der Waals surface area contributed by atoms with Crippen LogP contribution in [0, 0.1) is 0 Å². The van der Waals surface area contributed by atoms with Gasteiger partial charge in [0.1, 0.15) is 0 Å². The Morgan fingerprint density at radius 1 is 1.09 bits per heavy atom. The van der Waals surface area contributed by atoms with Gasteiger partial charge in [-0.3, -0.25) is 19.8 Å². The lowest BCUT2D eigenvalue weighted by Gasteiger charge is -2.27. The van der Waals surface area contributed by atoms with Crippen LogP contribution in [0.2, 0.25) is 0 Å². The van der Waals surface area contributed by atoms with Gasteiger partial charge in [0.05, 0.1) is 34.4 Å². The SMILES string of the molecule is O=c1[nH]c(C2=NCCCC2)nc2c1CN(Cc1cn[nH]c1-c1ccc(C(F)(F)F)cc1)CC2. The van der Waals surface area contributed by atoms with Gasteiger partial charge in [0.2, 0.25) is 0 Å². The van der Waals surface area contributed by atoms with Crippen LogP contribution in [0.3, 0.4) is 0 Å². The summed E-state index contributed by atoms with van der Waals surface area (Å²) in [5, 5.41) is 6.99. The molecule has 0 spiro atoms. The van der Waals surface area contributed by atoms with Crippen molar-refractivity contribution in [3.8, 4) is 11.3 Å². The lowest BCUT2D eigenvalue weighted by Crippen LogP contribution is -2.36. The quantitative estimate of drug-likeness (QED) is 0.626. The predicted octanol–water partition coefficient (Wildman–Crippen LogP) is 3.71. The van der Waals surface area contributed by atoms with Crippen LogP contribution in [0.1, 0.15) is 47.5 Å². The van der Waals surface area contributed by atoms with E-state index >= 15 is 0 Å². The monoisotopic (exact) mass is 456 g/mol. The zero-order valence-corrected chi connectivity index (χ0v) is 17.9. The number of H-pyrrole nitrogens is 2. The lowest BCUT2D eigenvalue weighted by atomic mass is 10.0. The molecule has 0 saturated carbocycles. The summed E-state index contributed by atoms with van der Waals surface area (Å²) < 4.78 is 38.6. The van der Waals surface area contributed by atoms with Crippen molar-refractivity contribution in [2.24, 2.45) is 4.99 Å². The van der Waals surface area contributed by atoms with Gasteiger partial charge in [0.15, 0.2) is 5.82 Å². The van der Waals surface area contributed by atoms with Crippen LogP contribution < -0.4 is 5.56 Å². The fraction of sp³-hybridized carbons (Fsp3) is 0.391. The lowest BCUT2D eigenvalue weighted by molar-refractivity contribution is -0.137. The van der Waals surface area contributed by atoms with Crippen LogP contribution in [-0.2, 0) is 25.7 Å². The van der Waals surface area contributed by atoms with Crippen LogP contribution in [0.15, 0.2) is 40.2 Å². The van der Waals surface area contributed by atoms with E-state index in [2.05, 4.69) is 25.1 Å². The zero-order chi connectivity index (χ0) is 23.0. The fourth-order valence-electron chi connectivity index (χ4n) is 4.39. The third-order valence-electron chi connectivity index (χ3n) is 6.16. The van der Waals surface area contributed by atoms with Gasteiger partial charge >= 0.3 is 6.18 Å². The highest BCUT2D eigenvalue weighted by molar-refractivity contribution is 5.97. The number of hydrogen-bond acceptors (Lipinski definition) is 5. The summed E-state index contributed by atoms with van der Waals surface area (Å²) >= 11 is 0. The Hall–Kier alpha value is -3.27. The maximum absolute atomic E-state index is 12.9. The third kappa shape index (κ3) is 4.47. The normalized spacial score (nSPS) is 17.0. The van der Waals surface area contributed by atoms with E-state index in [9.17, 15) is 18.0 Å². The molecule has 0 amide bonds. The maximum Gasteiger partial charge on any atom is 0.416 e. The van der Waals surface area contributed by atoms with Gasteiger partial charge in [-0.25, -0.2) is 4.98 Å². The van der Waals surface area contributed by atoms with E-state index in [1.807, 2.05) is 0 Å². The van der Waals surface area contributed by atoms with Crippen molar-refractivity contribution in [1.29, 1.82) is 0 Å². The average Bonchev–Trinajstić information content (AvgIpc) is 3.27. The van der Waals surface area contributed by atoms with Crippen LogP contribution in [0.5, 0.6) is 0 Å². The maximum atomic E-state index is 12.9. The number of alkyl halides is 3. The second-order valence-electron chi connectivity index (χ2n) is 8.43. The Bertz CT molecular complexity index is 1240. The molecule has 2 N–H and O–H groups in total. The number of benzene rings is 1. The summed E-state index contributed by atoms with van der Waals surface area (Å²) in [6.07, 6.45) is 0.903. The second-order valence-corrected chi connectivity index (χ2v) is 8.43. The molecule has 2 aliphatic rings. The molecule has 0 fully saturated rings. The first kappa shape index (κ1) is 21.6. The Balaban J connectivity index is 1.34. The molecule has 7 nitrogen and oxygen atoms in total. The van der Waals surface area contributed by atoms with E-state index in [0.29, 0.717) is 48.7 Å². The van der Waals surface area contributed by atoms with Gasteiger partial charge in [-0.05, 0) is 37.0 Å². The number of hydrogen-bond donors (Lipinski definition) is 2. The van der Waals surface area contributed by atoms with Crippen LogP contribution in [0.4, 0.5) is 13.2 Å². The molecule has 0 atom stereocenters. The van der Waals surface area contributed by atoms with E-state index < -0.39 is 11.7 Å². The van der Waals surface area contributed by atoms with E-state index in [1.165, 1.54) is 12.1 Å². The van der Waals surface area contributed by atoms with Gasteiger partial charge in [-0.15, -0.1) is 0 Å². The Labute approximate surface area is 187 Å². The molecule has 5 rings (SSSR count). The first-order valence-electron chi connectivity index (χ1n) is 11.0. The third-order valence-corrected chi connectivity index (χ3v) is 6.16. The van der Waals surface area contributed by atoms with Gasteiger partial charge in [0.25, 0.3) is 5.56 Å². The number of halogens is 3. The molecule has 0 bridgehead atoms. The fourth-order valence-corrected chi connectivity index (χ4v) is 4.39. The first-order valence-corrected chi connectivity index (χ1v) is 11.0. The summed E-state index contributed by atoms with van der Waals surface area (Å²) in [7, 11) is 0. The molecule has 0 unspecified atom stereocenters. The molecule has 4 heterocycles. The summed E-state index contributed by atoms with van der Waals surface area (Å²) in [6.45, 7) is 2.45. The van der Waals surface area contributed by atoms with Crippen molar-refractivity contribution in [3.05, 3.63) is 69.0 Å². The second kappa shape index (κ2) is 8.58. The molecule has 1 aromatic carbocycles. The number of aliphatic imine (C=N–C) groups is 1. The number of aromatic amines is 2. The molecule has 0 saturated heterocycles. The summed E-state index contributed by atoms with van der Waals surface area (Å²) in [6, 6.07) is 5.01. The van der Waals surface area contributed by atoms with Crippen molar-refractivity contribution in [3.63, 3.8) is 0 Å². The number of aromatic nitrogens is 4. The highest BCUT2D eigenvalue weighted by Crippen LogP contribution is 2.31. The van der Waals surface area contributed by atoms with Gasteiger partial charge in [-0.1, -0.05) is 12.1 Å². The topological polar surface area (TPSA) is 90.0 Å². The number of rotatable bonds is 4. The van der Waals surface area contributed by atoms with E-state index in [4.69, 9.17) is 4.98 Å². The molecule has 10 heteroatoms. The van der Waals surface area contributed by atoms with Crippen molar-refractivity contribution < 1.29 is 13.2 Å². The van der Waals surface area contributed by atoms with Crippen molar-refractivity contribution in [2.75, 3.05) is 13.1 Å². The predicted molar refractivity (Wildman–Crippen MR) is 117 cm³/mol. The molecule has 2 aliphatic heterocycles. The number of fused-ring (bicyclic) bond motifs is 1. The van der Waals surface area contributed by atoms with Crippen LogP contribution in [0.25, 0.3) is 11.3 Å². The summed E-state index contributed by atoms with van der Waals surface area (Å²) in [5.74, 6) is 0.589. The minimum absolute atomic E-state index is 0.136. The number of nitrogens with one attached hydrogen (secondary N) is 2. The minimum Gasteiger partial charge on any atom is -0.305 e. The largest absolute Gasteiger partial charge is 0.416 e. The van der Waals surface area contributed by atoms with Crippen molar-refractivity contribution >= 4 is 5.71 Å². The molecule has 3 aromatic rings. The van der Waals surface area contributed by atoms with Gasteiger partial charge in [-0.2, -0.15) is 18.3 Å². The van der Waals surface area contributed by atoms with E-state index in [1.54, 1.807) is 6.20 Å². The minimum atomic E-state index is -4.37. The van der Waals surface area contributed by atoms with Gasteiger partial charge in [0, 0.05) is 38.2 Å². The highest BCUT2D eigenvalue weighted by atomic mass is 19.4. The Morgan fingerprint density at radius 2 is 1.91 bits per heavy atom. The summed E-state index contributed by atoms with van der Waals surface area (Å²) in [4.78, 5) is 27.0. The molecule has 172 valence electrons. The van der Waals surface area contributed by atoms with Crippen LogP contribution in [-0.4, -0.2) is 43.9 Å². The van der Waals surface area contributed by atoms with Crippen molar-refractivity contribution in [1.82, 2.24) is 25.1 Å². The van der Waals surface area contributed by atoms with Crippen molar-refractivity contribution in [2.45, 2.75) is 44.9 Å². The molecular formula is C23H23F3N6O. The van der Waals surface area contributed by atoms with E-state index in [0.717, 1.165) is 54.9 Å². The van der Waals surface area contributed by atoms with Gasteiger partial charge < -0.3 is 4.98 Å². The van der Waals surface area contributed by atoms with Crippen LogP contribution >= 0.6 is 0 Å². The molecule has 2 aromatic heterocycles.